The Morgan fingerprint density at radius 1 is 0.393 bits per heavy atom. The van der Waals surface area contributed by atoms with E-state index < -0.39 is 0 Å². The summed E-state index contributed by atoms with van der Waals surface area (Å²) in [6, 6.07) is 68.0. The first-order chi connectivity index (χ1) is 27.8. The highest BCUT2D eigenvalue weighted by Crippen LogP contribution is 2.44. The quantitative estimate of drug-likeness (QED) is 0.159. The number of fused-ring (bicyclic) bond motifs is 8. The van der Waals surface area contributed by atoms with Crippen molar-refractivity contribution in [1.29, 1.82) is 0 Å². The third kappa shape index (κ3) is 5.41. The molecule has 9 aromatic carbocycles. The Morgan fingerprint density at radius 2 is 1.02 bits per heavy atom. The van der Waals surface area contributed by atoms with Crippen molar-refractivity contribution in [2.24, 2.45) is 0 Å². The van der Waals surface area contributed by atoms with Crippen LogP contribution in [0.25, 0.3) is 82.9 Å². The molecule has 0 aliphatic heterocycles. The van der Waals surface area contributed by atoms with Gasteiger partial charge in [0.15, 0.2) is 0 Å². The molecule has 0 saturated heterocycles. The summed E-state index contributed by atoms with van der Waals surface area (Å²) in [6.45, 7) is 0. The molecule has 0 spiro atoms. The van der Waals surface area contributed by atoms with E-state index in [4.69, 9.17) is 4.42 Å². The first-order valence-electron chi connectivity index (χ1n) is 19.5. The van der Waals surface area contributed by atoms with Gasteiger partial charge >= 0.3 is 0 Å². The third-order valence-electron chi connectivity index (χ3n) is 11.5. The molecule has 0 unspecified atom stereocenters. The summed E-state index contributed by atoms with van der Waals surface area (Å²) in [5.74, 6) is 0. The van der Waals surface area contributed by atoms with Gasteiger partial charge in [0.2, 0.25) is 0 Å². The van der Waals surface area contributed by atoms with Crippen LogP contribution < -0.4 is 4.90 Å². The highest BCUT2D eigenvalue weighted by molar-refractivity contribution is 6.13. The molecule has 0 saturated carbocycles. The van der Waals surface area contributed by atoms with Gasteiger partial charge in [-0.25, -0.2) is 0 Å². The first kappa shape index (κ1) is 32.3. The number of anilines is 3. The smallest absolute Gasteiger partial charge is 0.143 e. The molecular formula is C54H37NO. The second kappa shape index (κ2) is 13.3. The number of hydrogen-bond acceptors (Lipinski definition) is 2. The largest absolute Gasteiger partial charge is 0.455 e. The number of aryl methyl sites for hydroxylation is 1. The Hall–Kier alpha value is -7.16. The standard InChI is InChI=1S/C54H37NO/c1-3-12-37(13-4-1)47-20-11-21-50-52-35-51(48-18-9-10-19-49(48)54(52)56-53(47)50)39-26-31-44(32-27-39)55(42-15-5-2-6-16-42)43-29-24-36(25-30-43)40-28-33-46-41(34-40)23-22-38-14-7-8-17-45(38)46/h1-9,11-18,20-35H,10,19H2. The lowest BCUT2D eigenvalue weighted by Crippen LogP contribution is -2.09. The van der Waals surface area contributed by atoms with Gasteiger partial charge in [0.1, 0.15) is 11.2 Å². The predicted molar refractivity (Wildman–Crippen MR) is 237 cm³/mol. The van der Waals surface area contributed by atoms with Gasteiger partial charge in [-0.05, 0) is 116 Å². The Kier molecular flexibility index (Phi) is 7.67. The van der Waals surface area contributed by atoms with Crippen LogP contribution in [0.4, 0.5) is 17.1 Å². The molecule has 2 heteroatoms. The zero-order valence-electron chi connectivity index (χ0n) is 30.8. The van der Waals surface area contributed by atoms with Gasteiger partial charge in [0.05, 0.1) is 0 Å². The lowest BCUT2D eigenvalue weighted by molar-refractivity contribution is 0.662. The van der Waals surface area contributed by atoms with Crippen molar-refractivity contribution >= 4 is 66.6 Å². The number of hydrogen-bond donors (Lipinski definition) is 0. The topological polar surface area (TPSA) is 16.4 Å². The fraction of sp³-hybridized carbons (Fsp3) is 0.0370. The van der Waals surface area contributed by atoms with Crippen LogP contribution in [-0.2, 0) is 6.42 Å². The molecule has 11 rings (SSSR count). The number of para-hydroxylation sites is 2. The van der Waals surface area contributed by atoms with Crippen molar-refractivity contribution in [3.8, 4) is 33.4 Å². The van der Waals surface area contributed by atoms with Crippen LogP contribution in [0.15, 0.2) is 199 Å². The van der Waals surface area contributed by atoms with E-state index in [1.54, 1.807) is 0 Å². The molecule has 56 heavy (non-hydrogen) atoms. The second-order valence-corrected chi connectivity index (χ2v) is 14.8. The van der Waals surface area contributed by atoms with E-state index >= 15 is 0 Å². The van der Waals surface area contributed by atoms with E-state index in [0.717, 1.165) is 52.0 Å². The molecule has 1 heterocycles. The minimum Gasteiger partial charge on any atom is -0.455 e. The van der Waals surface area contributed by atoms with Crippen LogP contribution in [0.2, 0.25) is 0 Å². The minimum atomic E-state index is 0.955. The van der Waals surface area contributed by atoms with E-state index in [0.29, 0.717) is 0 Å². The molecule has 1 aliphatic rings. The maximum atomic E-state index is 6.81. The normalized spacial score (nSPS) is 12.4. The monoisotopic (exact) mass is 715 g/mol. The molecule has 264 valence electrons. The molecule has 0 N–H and O–H groups in total. The van der Waals surface area contributed by atoms with E-state index in [-0.39, 0.29) is 0 Å². The predicted octanol–water partition coefficient (Wildman–Crippen LogP) is 15.3. The van der Waals surface area contributed by atoms with Gasteiger partial charge in [-0.1, -0.05) is 152 Å². The zero-order chi connectivity index (χ0) is 37.0. The van der Waals surface area contributed by atoms with E-state index in [9.17, 15) is 0 Å². The first-order valence-corrected chi connectivity index (χ1v) is 19.5. The molecule has 0 atom stereocenters. The number of furan rings is 1. The molecule has 1 aromatic heterocycles. The van der Waals surface area contributed by atoms with E-state index in [1.165, 1.54) is 65.9 Å². The fourth-order valence-electron chi connectivity index (χ4n) is 8.77. The molecule has 0 radical (unpaired) electrons. The van der Waals surface area contributed by atoms with Gasteiger partial charge in [-0.15, -0.1) is 0 Å². The molecule has 0 amide bonds. The average molecular weight is 716 g/mol. The molecule has 10 aromatic rings. The van der Waals surface area contributed by atoms with Crippen LogP contribution in [-0.4, -0.2) is 0 Å². The lowest BCUT2D eigenvalue weighted by atomic mass is 9.87. The highest BCUT2D eigenvalue weighted by Gasteiger charge is 2.22. The molecule has 1 aliphatic carbocycles. The van der Waals surface area contributed by atoms with Crippen LogP contribution >= 0.6 is 0 Å². The Labute approximate surface area is 326 Å². The molecular weight excluding hydrogens is 679 g/mol. The minimum absolute atomic E-state index is 0.955. The van der Waals surface area contributed by atoms with E-state index in [2.05, 4.69) is 205 Å². The summed E-state index contributed by atoms with van der Waals surface area (Å²) in [7, 11) is 0. The van der Waals surface area contributed by atoms with Crippen molar-refractivity contribution in [3.05, 3.63) is 205 Å². The fourth-order valence-corrected chi connectivity index (χ4v) is 8.77. The highest BCUT2D eigenvalue weighted by atomic mass is 16.3. The molecule has 2 nitrogen and oxygen atoms in total. The lowest BCUT2D eigenvalue weighted by Gasteiger charge is -2.26. The Morgan fingerprint density at radius 3 is 1.82 bits per heavy atom. The van der Waals surface area contributed by atoms with Crippen LogP contribution in [0.5, 0.6) is 0 Å². The van der Waals surface area contributed by atoms with Crippen molar-refractivity contribution in [2.45, 2.75) is 12.8 Å². The number of nitrogens with zero attached hydrogens (tertiary/aromatic N) is 1. The SMILES string of the molecule is C1=Cc2c(-c3ccc(N(c4ccccc4)c4ccc(-c5ccc6c(ccc7ccccc76)c5)cc4)cc3)cc3c(oc4c(-c5ccccc5)cccc43)c2CC1. The maximum Gasteiger partial charge on any atom is 0.143 e. The number of rotatable bonds is 6. The van der Waals surface area contributed by atoms with Gasteiger partial charge in [0.25, 0.3) is 0 Å². The second-order valence-electron chi connectivity index (χ2n) is 14.8. The van der Waals surface area contributed by atoms with Gasteiger partial charge in [-0.3, -0.25) is 0 Å². The van der Waals surface area contributed by atoms with Crippen LogP contribution in [0, 0.1) is 0 Å². The van der Waals surface area contributed by atoms with Crippen molar-refractivity contribution in [3.63, 3.8) is 0 Å². The van der Waals surface area contributed by atoms with Crippen molar-refractivity contribution in [2.75, 3.05) is 4.90 Å². The summed E-state index contributed by atoms with van der Waals surface area (Å²) >= 11 is 0. The van der Waals surface area contributed by atoms with Crippen molar-refractivity contribution in [1.82, 2.24) is 0 Å². The van der Waals surface area contributed by atoms with Gasteiger partial charge < -0.3 is 9.32 Å². The molecule has 0 bridgehead atoms. The zero-order valence-corrected chi connectivity index (χ0v) is 30.8. The Bertz CT molecular complexity index is 3100. The maximum absolute atomic E-state index is 6.81. The van der Waals surface area contributed by atoms with Crippen molar-refractivity contribution < 1.29 is 4.42 Å². The summed E-state index contributed by atoms with van der Waals surface area (Å²) in [5, 5.41) is 7.44. The van der Waals surface area contributed by atoms with E-state index in [1.807, 2.05) is 0 Å². The average Bonchev–Trinajstić information content (AvgIpc) is 3.66. The third-order valence-corrected chi connectivity index (χ3v) is 11.5. The Balaban J connectivity index is 0.974. The summed E-state index contributed by atoms with van der Waals surface area (Å²) in [4.78, 5) is 2.34. The van der Waals surface area contributed by atoms with Gasteiger partial charge in [0, 0.05) is 39.0 Å². The number of benzene rings is 9. The molecule has 0 fully saturated rings. The van der Waals surface area contributed by atoms with Crippen LogP contribution in [0.3, 0.4) is 0 Å². The van der Waals surface area contributed by atoms with Crippen LogP contribution in [0.1, 0.15) is 17.5 Å². The summed E-state index contributed by atoms with van der Waals surface area (Å²) < 4.78 is 6.81. The number of allylic oxidation sites excluding steroid dienone is 1. The van der Waals surface area contributed by atoms with Gasteiger partial charge in [-0.2, -0.15) is 0 Å². The summed E-state index contributed by atoms with van der Waals surface area (Å²) in [5.41, 5.74) is 15.0. The summed E-state index contributed by atoms with van der Waals surface area (Å²) in [6.07, 6.45) is 6.56.